The van der Waals surface area contributed by atoms with Gasteiger partial charge in [-0.25, -0.2) is 0 Å². The van der Waals surface area contributed by atoms with Gasteiger partial charge in [-0.2, -0.15) is 0 Å². The molecule has 1 saturated heterocycles. The molecule has 1 aliphatic rings. The number of nitro groups is 1. The molecule has 1 fully saturated rings. The lowest BCUT2D eigenvalue weighted by molar-refractivity contribution is -0.384. The highest BCUT2D eigenvalue weighted by molar-refractivity contribution is 5.34. The van der Waals surface area contributed by atoms with Crippen molar-refractivity contribution >= 4 is 5.69 Å². The molecule has 0 radical (unpaired) electrons. The van der Waals surface area contributed by atoms with E-state index >= 15 is 0 Å². The third-order valence-corrected chi connectivity index (χ3v) is 4.28. The van der Waals surface area contributed by atoms with Crippen LogP contribution < -0.4 is 5.32 Å². The number of benzene rings is 1. The van der Waals surface area contributed by atoms with Crippen molar-refractivity contribution in [2.45, 2.75) is 32.2 Å². The molecule has 1 N–H and O–H groups in total. The molecule has 116 valence electrons. The van der Waals surface area contributed by atoms with Gasteiger partial charge < -0.3 is 5.32 Å². The molecule has 21 heavy (non-hydrogen) atoms. The van der Waals surface area contributed by atoms with Gasteiger partial charge in [0.25, 0.3) is 5.69 Å². The van der Waals surface area contributed by atoms with Crippen LogP contribution in [0.25, 0.3) is 0 Å². The second-order valence-corrected chi connectivity index (χ2v) is 5.79. The van der Waals surface area contributed by atoms with Gasteiger partial charge in [-0.3, -0.25) is 15.0 Å². The second-order valence-electron chi connectivity index (χ2n) is 5.79. The summed E-state index contributed by atoms with van der Waals surface area (Å²) in [5.74, 6) is 0.566. The number of likely N-dealkylation sites (tertiary alicyclic amines) is 1. The molecule has 0 spiro atoms. The molecule has 0 bridgehead atoms. The van der Waals surface area contributed by atoms with Gasteiger partial charge in [-0.05, 0) is 57.4 Å². The van der Waals surface area contributed by atoms with Crippen LogP contribution in [-0.2, 0) is 0 Å². The highest BCUT2D eigenvalue weighted by atomic mass is 16.6. The van der Waals surface area contributed by atoms with E-state index in [2.05, 4.69) is 17.1 Å². The zero-order chi connectivity index (χ0) is 15.2. The molecule has 2 atom stereocenters. The first-order valence-electron chi connectivity index (χ1n) is 7.80. The first-order valence-corrected chi connectivity index (χ1v) is 7.80. The molecule has 0 saturated carbocycles. The van der Waals surface area contributed by atoms with Crippen LogP contribution in [0, 0.1) is 16.0 Å². The van der Waals surface area contributed by atoms with Crippen LogP contribution >= 0.6 is 0 Å². The van der Waals surface area contributed by atoms with Crippen LogP contribution in [0.3, 0.4) is 0 Å². The molecule has 1 aromatic rings. The number of non-ortho nitro benzene ring substituents is 1. The Kier molecular flexibility index (Phi) is 5.70. The number of hydrogen-bond acceptors (Lipinski definition) is 4. The Bertz CT molecular complexity index is 443. The number of nitrogens with zero attached hydrogens (tertiary/aromatic N) is 2. The van der Waals surface area contributed by atoms with Gasteiger partial charge in [0.15, 0.2) is 0 Å². The van der Waals surface area contributed by atoms with E-state index in [1.54, 1.807) is 12.1 Å². The summed E-state index contributed by atoms with van der Waals surface area (Å²) in [4.78, 5) is 13.0. The van der Waals surface area contributed by atoms with Crippen molar-refractivity contribution in [1.29, 1.82) is 0 Å². The predicted octanol–water partition coefficient (Wildman–Crippen LogP) is 2.98. The van der Waals surface area contributed by atoms with E-state index in [9.17, 15) is 10.1 Å². The lowest BCUT2D eigenvalue weighted by Crippen LogP contribution is -2.42. The van der Waals surface area contributed by atoms with Crippen LogP contribution in [0.15, 0.2) is 24.3 Å². The molecule has 5 heteroatoms. The average Bonchev–Trinajstić information content (AvgIpc) is 2.48. The van der Waals surface area contributed by atoms with E-state index < -0.39 is 0 Å². The van der Waals surface area contributed by atoms with Crippen molar-refractivity contribution < 1.29 is 4.92 Å². The maximum Gasteiger partial charge on any atom is 0.269 e. The van der Waals surface area contributed by atoms with Crippen LogP contribution in [0.2, 0.25) is 0 Å². The number of rotatable bonds is 6. The van der Waals surface area contributed by atoms with Gasteiger partial charge in [-0.1, -0.05) is 19.1 Å². The van der Waals surface area contributed by atoms with Crippen molar-refractivity contribution in [3.63, 3.8) is 0 Å². The Morgan fingerprint density at radius 1 is 1.38 bits per heavy atom. The van der Waals surface area contributed by atoms with Crippen molar-refractivity contribution in [2.75, 3.05) is 26.7 Å². The van der Waals surface area contributed by atoms with E-state index in [0.29, 0.717) is 12.0 Å². The third-order valence-electron chi connectivity index (χ3n) is 4.28. The van der Waals surface area contributed by atoms with Gasteiger partial charge in [0.2, 0.25) is 0 Å². The zero-order valence-electron chi connectivity index (χ0n) is 12.9. The molecule has 0 amide bonds. The Morgan fingerprint density at radius 2 is 2.10 bits per heavy atom. The van der Waals surface area contributed by atoms with E-state index in [0.717, 1.165) is 26.1 Å². The summed E-state index contributed by atoms with van der Waals surface area (Å²) in [7, 11) is 1.99. The minimum atomic E-state index is -0.334. The summed E-state index contributed by atoms with van der Waals surface area (Å²) in [5, 5.41) is 14.1. The van der Waals surface area contributed by atoms with Crippen LogP contribution in [-0.4, -0.2) is 36.5 Å². The predicted molar refractivity (Wildman–Crippen MR) is 84.4 cm³/mol. The first-order chi connectivity index (χ1) is 10.2. The van der Waals surface area contributed by atoms with Crippen LogP contribution in [0.5, 0.6) is 0 Å². The van der Waals surface area contributed by atoms with Crippen molar-refractivity contribution in [1.82, 2.24) is 10.2 Å². The Labute approximate surface area is 126 Å². The second kappa shape index (κ2) is 7.52. The average molecular weight is 291 g/mol. The summed E-state index contributed by atoms with van der Waals surface area (Å²) in [6.07, 6.45) is 3.58. The lowest BCUT2D eigenvalue weighted by atomic mass is 9.84. The molecule has 2 unspecified atom stereocenters. The minimum Gasteiger partial charge on any atom is -0.319 e. The Balaban J connectivity index is 2.25. The molecule has 1 aliphatic heterocycles. The normalized spacial score (nSPS) is 23.1. The summed E-state index contributed by atoms with van der Waals surface area (Å²) in [5.41, 5.74) is 1.37. The van der Waals surface area contributed by atoms with Gasteiger partial charge in [0, 0.05) is 18.2 Å². The third kappa shape index (κ3) is 3.80. The molecule has 0 aliphatic carbocycles. The maximum atomic E-state index is 10.8. The topological polar surface area (TPSA) is 58.4 Å². The highest BCUT2D eigenvalue weighted by Crippen LogP contribution is 2.36. The zero-order valence-corrected chi connectivity index (χ0v) is 12.9. The Morgan fingerprint density at radius 3 is 2.67 bits per heavy atom. The summed E-state index contributed by atoms with van der Waals surface area (Å²) >= 11 is 0. The largest absolute Gasteiger partial charge is 0.319 e. The van der Waals surface area contributed by atoms with E-state index in [-0.39, 0.29) is 10.6 Å². The molecule has 2 rings (SSSR count). The molecular formula is C16H25N3O2. The molecular weight excluding hydrogens is 266 g/mol. The Hall–Kier alpha value is -1.46. The van der Waals surface area contributed by atoms with Gasteiger partial charge >= 0.3 is 0 Å². The van der Waals surface area contributed by atoms with Gasteiger partial charge in [-0.15, -0.1) is 0 Å². The molecule has 1 aromatic carbocycles. The fourth-order valence-electron chi connectivity index (χ4n) is 3.44. The smallest absolute Gasteiger partial charge is 0.269 e. The highest BCUT2D eigenvalue weighted by Gasteiger charge is 2.31. The fraction of sp³-hybridized carbons (Fsp3) is 0.625. The number of hydrogen-bond donors (Lipinski definition) is 1. The van der Waals surface area contributed by atoms with Gasteiger partial charge in [0.1, 0.15) is 0 Å². The first kappa shape index (κ1) is 15.9. The molecule has 5 nitrogen and oxygen atoms in total. The summed E-state index contributed by atoms with van der Waals surface area (Å²) in [6.45, 7) is 5.40. The van der Waals surface area contributed by atoms with E-state index in [1.165, 1.54) is 18.4 Å². The van der Waals surface area contributed by atoms with Crippen molar-refractivity contribution in [3.05, 3.63) is 39.9 Å². The lowest BCUT2D eigenvalue weighted by Gasteiger charge is -2.41. The number of piperidine rings is 1. The number of nitrogens with one attached hydrogen (secondary N) is 1. The maximum absolute atomic E-state index is 10.8. The summed E-state index contributed by atoms with van der Waals surface area (Å²) in [6, 6.07) is 7.49. The van der Waals surface area contributed by atoms with Crippen LogP contribution in [0.4, 0.5) is 5.69 Å². The molecule has 0 aromatic heterocycles. The van der Waals surface area contributed by atoms with Crippen molar-refractivity contribution in [3.8, 4) is 0 Å². The van der Waals surface area contributed by atoms with Gasteiger partial charge in [0.05, 0.1) is 4.92 Å². The van der Waals surface area contributed by atoms with Crippen LogP contribution in [0.1, 0.15) is 37.8 Å². The quantitative estimate of drug-likeness (QED) is 0.646. The summed E-state index contributed by atoms with van der Waals surface area (Å²) < 4.78 is 0. The number of nitro benzene ring substituents is 1. The fourth-order valence-corrected chi connectivity index (χ4v) is 3.44. The standard InChI is InChI=1S/C16H25N3O2/c1-3-10-18-11-4-5-14(12-17-2)16(18)13-6-8-15(9-7-13)19(20)21/h6-9,14,16-17H,3-5,10-12H2,1-2H3. The van der Waals surface area contributed by atoms with E-state index in [1.807, 2.05) is 19.2 Å². The monoisotopic (exact) mass is 291 g/mol. The van der Waals surface area contributed by atoms with Crippen molar-refractivity contribution in [2.24, 2.45) is 5.92 Å². The SMILES string of the molecule is CCCN1CCCC(CNC)C1c1ccc([N+](=O)[O-])cc1. The molecule has 1 heterocycles. The van der Waals surface area contributed by atoms with E-state index in [4.69, 9.17) is 0 Å². The minimum absolute atomic E-state index is 0.168.